The first-order valence-corrected chi connectivity index (χ1v) is 6.52. The third-order valence-electron chi connectivity index (χ3n) is 2.29. The summed E-state index contributed by atoms with van der Waals surface area (Å²) in [7, 11) is 1.37. The Morgan fingerprint density at radius 3 is 2.94 bits per heavy atom. The monoisotopic (exact) mass is 348 g/mol. The van der Waals surface area contributed by atoms with Crippen LogP contribution in [0.15, 0.2) is 17.5 Å². The molecule has 1 aromatic heterocycles. The maximum absolute atomic E-state index is 11.6. The topological polar surface area (TPSA) is 46.5 Å². The van der Waals surface area contributed by atoms with Gasteiger partial charge >= 0.3 is 5.97 Å². The molecule has 0 amide bonds. The molecule has 84 valence electrons. The van der Waals surface area contributed by atoms with E-state index in [1.54, 1.807) is 6.07 Å². The van der Waals surface area contributed by atoms with Gasteiger partial charge in [0, 0.05) is 8.27 Å². The van der Waals surface area contributed by atoms with Gasteiger partial charge in [0.1, 0.15) is 0 Å². The standard InChI is InChI=1S/C11H9IO3S/c1-15-11(14)9-3-7(12)2-8-6(4-13)5-16-10(8)9/h2-3,5,13H,4H2,1H3. The summed E-state index contributed by atoms with van der Waals surface area (Å²) >= 11 is 3.60. The summed E-state index contributed by atoms with van der Waals surface area (Å²) in [6, 6.07) is 3.76. The first-order valence-electron chi connectivity index (χ1n) is 4.56. The maximum atomic E-state index is 11.6. The number of carbonyl (C=O) groups excluding carboxylic acids is 1. The predicted molar refractivity (Wildman–Crippen MR) is 71.8 cm³/mol. The van der Waals surface area contributed by atoms with Crippen LogP contribution in [0, 0.1) is 3.57 Å². The normalized spacial score (nSPS) is 10.7. The van der Waals surface area contributed by atoms with Crippen molar-refractivity contribution in [3.63, 3.8) is 0 Å². The number of rotatable bonds is 2. The molecule has 0 saturated carbocycles. The molecule has 0 bridgehead atoms. The van der Waals surface area contributed by atoms with Crippen molar-refractivity contribution in [2.24, 2.45) is 0 Å². The molecule has 0 aliphatic carbocycles. The van der Waals surface area contributed by atoms with Crippen LogP contribution < -0.4 is 0 Å². The summed E-state index contributed by atoms with van der Waals surface area (Å²) in [4.78, 5) is 11.6. The highest BCUT2D eigenvalue weighted by Crippen LogP contribution is 2.31. The van der Waals surface area contributed by atoms with Crippen LogP contribution in [0.3, 0.4) is 0 Å². The van der Waals surface area contributed by atoms with Crippen LogP contribution in [0.25, 0.3) is 10.1 Å². The molecule has 0 fully saturated rings. The summed E-state index contributed by atoms with van der Waals surface area (Å²) in [5.41, 5.74) is 1.41. The Morgan fingerprint density at radius 2 is 2.31 bits per heavy atom. The number of aliphatic hydroxyl groups is 1. The zero-order valence-electron chi connectivity index (χ0n) is 8.49. The number of aliphatic hydroxyl groups excluding tert-OH is 1. The lowest BCUT2D eigenvalue weighted by Crippen LogP contribution is -2.01. The van der Waals surface area contributed by atoms with Gasteiger partial charge in [-0.25, -0.2) is 4.79 Å². The summed E-state index contributed by atoms with van der Waals surface area (Å²) in [5, 5.41) is 12.0. The van der Waals surface area contributed by atoms with Gasteiger partial charge in [-0.15, -0.1) is 11.3 Å². The molecule has 2 rings (SSSR count). The average molecular weight is 348 g/mol. The van der Waals surface area contributed by atoms with Crippen LogP contribution in [-0.2, 0) is 11.3 Å². The van der Waals surface area contributed by atoms with E-state index in [-0.39, 0.29) is 12.6 Å². The van der Waals surface area contributed by atoms with Crippen molar-refractivity contribution >= 4 is 50.0 Å². The zero-order valence-corrected chi connectivity index (χ0v) is 11.5. The molecule has 5 heteroatoms. The molecule has 2 aromatic rings. The summed E-state index contributed by atoms with van der Waals surface area (Å²) < 4.78 is 6.57. The number of methoxy groups -OCH3 is 1. The number of fused-ring (bicyclic) bond motifs is 1. The summed E-state index contributed by atoms with van der Waals surface area (Å²) in [5.74, 6) is -0.338. The van der Waals surface area contributed by atoms with Crippen molar-refractivity contribution in [1.82, 2.24) is 0 Å². The first-order chi connectivity index (χ1) is 7.67. The van der Waals surface area contributed by atoms with Gasteiger partial charge in [0.05, 0.1) is 19.3 Å². The summed E-state index contributed by atoms with van der Waals surface area (Å²) in [6.07, 6.45) is 0. The van der Waals surface area contributed by atoms with Crippen molar-refractivity contribution < 1.29 is 14.6 Å². The van der Waals surface area contributed by atoms with Crippen molar-refractivity contribution in [1.29, 1.82) is 0 Å². The van der Waals surface area contributed by atoms with E-state index in [9.17, 15) is 9.90 Å². The minimum atomic E-state index is -0.338. The zero-order chi connectivity index (χ0) is 11.7. The Labute approximate surface area is 110 Å². The second-order valence-electron chi connectivity index (χ2n) is 3.24. The molecule has 0 aliphatic rings. The van der Waals surface area contributed by atoms with E-state index in [1.807, 2.05) is 11.4 Å². The fraction of sp³-hybridized carbons (Fsp3) is 0.182. The van der Waals surface area contributed by atoms with E-state index in [4.69, 9.17) is 4.74 Å². The smallest absolute Gasteiger partial charge is 0.339 e. The number of ether oxygens (including phenoxy) is 1. The molecule has 16 heavy (non-hydrogen) atoms. The van der Waals surface area contributed by atoms with E-state index in [2.05, 4.69) is 22.6 Å². The molecule has 0 spiro atoms. The van der Waals surface area contributed by atoms with Crippen LogP contribution in [-0.4, -0.2) is 18.2 Å². The largest absolute Gasteiger partial charge is 0.465 e. The second kappa shape index (κ2) is 4.68. The quantitative estimate of drug-likeness (QED) is 0.671. The number of hydrogen-bond acceptors (Lipinski definition) is 4. The molecular weight excluding hydrogens is 339 g/mol. The molecule has 1 N–H and O–H groups in total. The molecule has 0 aliphatic heterocycles. The summed E-state index contributed by atoms with van der Waals surface area (Å²) in [6.45, 7) is -0.0132. The first kappa shape index (κ1) is 11.8. The molecule has 0 radical (unpaired) electrons. The third-order valence-corrected chi connectivity index (χ3v) is 4.00. The van der Waals surface area contributed by atoms with Crippen molar-refractivity contribution in [2.75, 3.05) is 7.11 Å². The van der Waals surface area contributed by atoms with E-state index in [0.29, 0.717) is 5.56 Å². The van der Waals surface area contributed by atoms with Gasteiger partial charge in [-0.3, -0.25) is 0 Å². The molecular formula is C11H9IO3S. The molecule has 1 heterocycles. The van der Waals surface area contributed by atoms with Gasteiger partial charge in [-0.2, -0.15) is 0 Å². The predicted octanol–water partition coefficient (Wildman–Crippen LogP) is 2.78. The lowest BCUT2D eigenvalue weighted by molar-refractivity contribution is 0.0603. The molecule has 0 unspecified atom stereocenters. The number of esters is 1. The van der Waals surface area contributed by atoms with Crippen LogP contribution in [0.5, 0.6) is 0 Å². The van der Waals surface area contributed by atoms with E-state index in [1.165, 1.54) is 18.4 Å². The highest BCUT2D eigenvalue weighted by atomic mass is 127. The van der Waals surface area contributed by atoms with Gasteiger partial charge in [0.15, 0.2) is 0 Å². The van der Waals surface area contributed by atoms with Crippen molar-refractivity contribution in [3.05, 3.63) is 32.2 Å². The lowest BCUT2D eigenvalue weighted by atomic mass is 10.1. The molecule has 0 atom stereocenters. The molecule has 3 nitrogen and oxygen atoms in total. The Hall–Kier alpha value is -0.660. The van der Waals surface area contributed by atoms with Gasteiger partial charge in [-0.05, 0) is 51.1 Å². The van der Waals surface area contributed by atoms with Gasteiger partial charge in [0.25, 0.3) is 0 Å². The Bertz CT molecular complexity index is 547. The average Bonchev–Trinajstić information content (AvgIpc) is 2.69. The highest BCUT2D eigenvalue weighted by Gasteiger charge is 2.15. The number of thiophene rings is 1. The Kier molecular flexibility index (Phi) is 3.46. The second-order valence-corrected chi connectivity index (χ2v) is 5.37. The van der Waals surface area contributed by atoms with E-state index >= 15 is 0 Å². The van der Waals surface area contributed by atoms with E-state index < -0.39 is 0 Å². The number of hydrogen-bond donors (Lipinski definition) is 1. The van der Waals surface area contributed by atoms with Gasteiger partial charge in [0.2, 0.25) is 0 Å². The fourth-order valence-corrected chi connectivity index (χ4v) is 3.21. The van der Waals surface area contributed by atoms with Crippen LogP contribution in [0.4, 0.5) is 0 Å². The van der Waals surface area contributed by atoms with E-state index in [0.717, 1.165) is 19.2 Å². The highest BCUT2D eigenvalue weighted by molar-refractivity contribution is 14.1. The lowest BCUT2D eigenvalue weighted by Gasteiger charge is -2.03. The SMILES string of the molecule is COC(=O)c1cc(I)cc2c(CO)csc12. The maximum Gasteiger partial charge on any atom is 0.339 e. The number of benzene rings is 1. The van der Waals surface area contributed by atoms with Crippen LogP contribution in [0.2, 0.25) is 0 Å². The van der Waals surface area contributed by atoms with Crippen molar-refractivity contribution in [2.45, 2.75) is 6.61 Å². The molecule has 1 aromatic carbocycles. The fourth-order valence-electron chi connectivity index (χ4n) is 1.54. The Balaban J connectivity index is 2.74. The van der Waals surface area contributed by atoms with Gasteiger partial charge < -0.3 is 9.84 Å². The number of carbonyl (C=O) groups is 1. The van der Waals surface area contributed by atoms with Crippen LogP contribution in [0.1, 0.15) is 15.9 Å². The minimum absolute atomic E-state index is 0.0132. The number of halogens is 1. The molecule has 0 saturated heterocycles. The Morgan fingerprint density at radius 1 is 1.56 bits per heavy atom. The van der Waals surface area contributed by atoms with Gasteiger partial charge in [-0.1, -0.05) is 0 Å². The third kappa shape index (κ3) is 1.94. The minimum Gasteiger partial charge on any atom is -0.465 e. The van der Waals surface area contributed by atoms with Crippen LogP contribution >= 0.6 is 33.9 Å². The van der Waals surface area contributed by atoms with Crippen molar-refractivity contribution in [3.8, 4) is 0 Å².